The number of rotatable bonds is 4. The zero-order valence-electron chi connectivity index (χ0n) is 15.0. The molecule has 1 heterocycles. The third-order valence-corrected chi connectivity index (χ3v) is 5.53. The molecule has 1 aromatic carbocycles. The number of benzene rings is 1. The lowest BCUT2D eigenvalue weighted by atomic mass is 9.77. The first-order chi connectivity index (χ1) is 12.0. The summed E-state index contributed by atoms with van der Waals surface area (Å²) in [5.74, 6) is -0.345. The third-order valence-electron chi connectivity index (χ3n) is 5.53. The van der Waals surface area contributed by atoms with Crippen LogP contribution in [0.1, 0.15) is 52.4 Å². The van der Waals surface area contributed by atoms with Crippen LogP contribution >= 0.6 is 0 Å². The number of nitrogens with zero attached hydrogens (tertiary/aromatic N) is 1. The highest BCUT2D eigenvalue weighted by Gasteiger charge is 2.50. The van der Waals surface area contributed by atoms with E-state index in [0.717, 1.165) is 37.0 Å². The number of hydrogen-bond donors (Lipinski definition) is 1. The first-order valence-corrected chi connectivity index (χ1v) is 8.53. The van der Waals surface area contributed by atoms with Gasteiger partial charge in [0.2, 0.25) is 5.91 Å². The predicted octanol–water partition coefficient (Wildman–Crippen LogP) is 2.97. The smallest absolute Gasteiger partial charge is 0.326 e. The number of likely N-dealkylation sites (tertiary alicyclic amines) is 1. The van der Waals surface area contributed by atoms with Crippen molar-refractivity contribution >= 4 is 11.9 Å². The van der Waals surface area contributed by atoms with Crippen molar-refractivity contribution in [1.29, 1.82) is 0 Å². The fourth-order valence-electron chi connectivity index (χ4n) is 4.19. The molecule has 2 atom stereocenters. The molecule has 5 nitrogen and oxygen atoms in total. The lowest BCUT2D eigenvalue weighted by Crippen LogP contribution is -2.52. The van der Waals surface area contributed by atoms with Gasteiger partial charge in [-0.1, -0.05) is 25.0 Å². The van der Waals surface area contributed by atoms with Crippen LogP contribution in [0.4, 0.5) is 0 Å². The summed E-state index contributed by atoms with van der Waals surface area (Å²) in [6.07, 6.45) is 4.38. The molecule has 24 heavy (non-hydrogen) atoms. The van der Waals surface area contributed by atoms with Gasteiger partial charge in [0.1, 0.15) is 11.8 Å². The molecule has 2 fully saturated rings. The van der Waals surface area contributed by atoms with Crippen molar-refractivity contribution in [2.45, 2.75) is 62.9 Å². The van der Waals surface area contributed by atoms with Crippen LogP contribution in [-0.2, 0) is 15.0 Å². The second-order valence-corrected chi connectivity index (χ2v) is 6.82. The number of carbonyl (C=O) groups excluding carboxylic acids is 1. The zero-order chi connectivity index (χ0) is 18.0. The number of hydrogen-bond acceptors (Lipinski definition) is 3. The Hall–Kier alpha value is -2.04. The second-order valence-electron chi connectivity index (χ2n) is 6.82. The van der Waals surface area contributed by atoms with Crippen molar-refractivity contribution in [2.75, 3.05) is 7.11 Å². The van der Waals surface area contributed by atoms with Gasteiger partial charge in [-0.25, -0.2) is 4.79 Å². The van der Waals surface area contributed by atoms with Gasteiger partial charge in [0.25, 0.3) is 0 Å². The van der Waals surface area contributed by atoms with Gasteiger partial charge in [0.15, 0.2) is 0 Å². The number of carboxylic acid groups (broad SMARTS) is 1. The molecule has 3 rings (SSSR count). The third kappa shape index (κ3) is 2.66. The molecule has 1 saturated carbocycles. The summed E-state index contributed by atoms with van der Waals surface area (Å²) in [5.41, 5.74) is 0.258. The van der Waals surface area contributed by atoms with Crippen molar-refractivity contribution in [3.05, 3.63) is 29.8 Å². The highest BCUT2D eigenvalue weighted by Crippen LogP contribution is 2.45. The average molecular weight is 332 g/mol. The minimum atomic E-state index is -0.966. The van der Waals surface area contributed by atoms with E-state index in [2.05, 4.69) is 0 Å². The van der Waals surface area contributed by atoms with E-state index in [1.807, 2.05) is 24.3 Å². The molecule has 0 aromatic heterocycles. The number of carboxylic acids is 1. The molecule has 2 aliphatic rings. The maximum absolute atomic E-state index is 13.6. The Kier molecular flexibility index (Phi) is 4.17. The molecule has 1 saturated heterocycles. The maximum atomic E-state index is 13.6. The van der Waals surface area contributed by atoms with Crippen LogP contribution in [-0.4, -0.2) is 41.1 Å². The number of amides is 1. The molecular weight excluding hydrogens is 306 g/mol. The van der Waals surface area contributed by atoms with Crippen molar-refractivity contribution in [1.82, 2.24) is 4.90 Å². The Morgan fingerprint density at radius 2 is 1.92 bits per heavy atom. The first kappa shape index (κ1) is 15.5. The van der Waals surface area contributed by atoms with E-state index in [-0.39, 0.29) is 18.8 Å². The van der Waals surface area contributed by atoms with Gasteiger partial charge in [-0.2, -0.15) is 0 Å². The van der Waals surface area contributed by atoms with E-state index < -0.39 is 17.4 Å². The van der Waals surface area contributed by atoms with Crippen LogP contribution in [0, 0.1) is 0 Å². The Bertz CT molecular complexity index is 639. The summed E-state index contributed by atoms with van der Waals surface area (Å²) < 4.78 is 13.0. The molecule has 1 aliphatic heterocycles. The largest absolute Gasteiger partial charge is 0.497 e. The van der Waals surface area contributed by atoms with E-state index >= 15 is 0 Å². The van der Waals surface area contributed by atoms with Gasteiger partial charge in [-0.05, 0) is 50.3 Å². The molecule has 0 radical (unpaired) electrons. The highest BCUT2D eigenvalue weighted by molar-refractivity contribution is 5.92. The summed E-state index contributed by atoms with van der Waals surface area (Å²) in [7, 11) is 1.60. The van der Waals surface area contributed by atoms with E-state index in [1.165, 1.54) is 4.90 Å². The highest BCUT2D eigenvalue weighted by atomic mass is 16.5. The topological polar surface area (TPSA) is 66.8 Å². The van der Waals surface area contributed by atoms with Crippen LogP contribution in [0.5, 0.6) is 5.75 Å². The number of ether oxygens (including phenoxy) is 1. The van der Waals surface area contributed by atoms with E-state index in [1.54, 1.807) is 7.11 Å². The molecule has 0 bridgehead atoms. The summed E-state index contributed by atoms with van der Waals surface area (Å²) in [6.45, 7) is 0.0498. The van der Waals surface area contributed by atoms with E-state index in [0.29, 0.717) is 12.8 Å². The van der Waals surface area contributed by atoms with Crippen LogP contribution in [0.25, 0.3) is 0 Å². The SMILES string of the molecule is [2H]C[C@@H]1CC[C@@H](C(=O)O)N1C(=O)C1(c2ccc(OC)cc2)CCCC1. The molecule has 1 aromatic rings. The lowest BCUT2D eigenvalue weighted by Gasteiger charge is -2.37. The van der Waals surface area contributed by atoms with Crippen molar-refractivity contribution in [2.24, 2.45) is 0 Å². The van der Waals surface area contributed by atoms with Crippen LogP contribution in [0.2, 0.25) is 0 Å². The van der Waals surface area contributed by atoms with Gasteiger partial charge >= 0.3 is 5.97 Å². The van der Waals surface area contributed by atoms with E-state index in [4.69, 9.17) is 6.11 Å². The van der Waals surface area contributed by atoms with Gasteiger partial charge in [0.05, 0.1) is 12.5 Å². The number of carbonyl (C=O) groups is 2. The van der Waals surface area contributed by atoms with Crippen molar-refractivity contribution in [3.63, 3.8) is 0 Å². The molecular formula is C19H25NO4. The van der Waals surface area contributed by atoms with Gasteiger partial charge in [0, 0.05) is 7.41 Å². The Morgan fingerprint density at radius 1 is 1.25 bits per heavy atom. The average Bonchev–Trinajstić information content (AvgIpc) is 3.28. The second kappa shape index (κ2) is 6.46. The molecule has 5 heteroatoms. The summed E-state index contributed by atoms with van der Waals surface area (Å²) in [4.78, 5) is 26.7. The maximum Gasteiger partial charge on any atom is 0.326 e. The first-order valence-electron chi connectivity index (χ1n) is 9.23. The summed E-state index contributed by atoms with van der Waals surface area (Å²) >= 11 is 0. The Balaban J connectivity index is 1.98. The van der Waals surface area contributed by atoms with Crippen LogP contribution < -0.4 is 4.74 Å². The van der Waals surface area contributed by atoms with Gasteiger partial charge in [-0.3, -0.25) is 4.79 Å². The number of methoxy groups -OCH3 is 1. The van der Waals surface area contributed by atoms with Crippen molar-refractivity contribution < 1.29 is 20.8 Å². The molecule has 1 amide bonds. The molecule has 130 valence electrons. The fraction of sp³-hybridized carbons (Fsp3) is 0.579. The summed E-state index contributed by atoms with van der Waals surface area (Å²) in [5, 5.41) is 9.54. The fourth-order valence-corrected chi connectivity index (χ4v) is 4.19. The molecule has 1 N–H and O–H groups in total. The number of aliphatic carboxylic acids is 1. The van der Waals surface area contributed by atoms with Crippen LogP contribution in [0.15, 0.2) is 24.3 Å². The Morgan fingerprint density at radius 3 is 2.46 bits per heavy atom. The standard InChI is InChI=1S/C19H25NO4/c1-13-5-10-16(17(21)22)20(13)18(23)19(11-3-4-12-19)14-6-8-15(24-2)9-7-14/h6-9,13,16H,3-5,10-12H2,1-2H3,(H,21,22)/t13-,16+/m1/s1/i1D. The minimum Gasteiger partial charge on any atom is -0.497 e. The monoisotopic (exact) mass is 332 g/mol. The molecule has 1 aliphatic carbocycles. The quantitative estimate of drug-likeness (QED) is 0.920. The lowest BCUT2D eigenvalue weighted by molar-refractivity contribution is -0.152. The predicted molar refractivity (Wildman–Crippen MR) is 90.1 cm³/mol. The zero-order valence-corrected chi connectivity index (χ0v) is 14.0. The van der Waals surface area contributed by atoms with E-state index in [9.17, 15) is 14.7 Å². The molecule has 0 spiro atoms. The Labute approximate surface area is 144 Å². The summed E-state index contributed by atoms with van der Waals surface area (Å²) in [6, 6.07) is 6.43. The minimum absolute atomic E-state index is 0.0498. The normalized spacial score (nSPS) is 26.2. The van der Waals surface area contributed by atoms with Gasteiger partial charge < -0.3 is 14.7 Å². The van der Waals surface area contributed by atoms with Gasteiger partial charge in [-0.15, -0.1) is 0 Å². The van der Waals surface area contributed by atoms with Crippen LogP contribution in [0.3, 0.4) is 0 Å². The van der Waals surface area contributed by atoms with Crippen molar-refractivity contribution in [3.8, 4) is 5.75 Å². The molecule has 0 unspecified atom stereocenters.